The van der Waals surface area contributed by atoms with Gasteiger partial charge in [-0.1, -0.05) is 26.0 Å². The lowest BCUT2D eigenvalue weighted by Crippen LogP contribution is -2.37. The molecule has 0 atom stereocenters. The molecule has 0 radical (unpaired) electrons. The highest BCUT2D eigenvalue weighted by molar-refractivity contribution is 5.34. The van der Waals surface area contributed by atoms with Gasteiger partial charge in [-0.3, -0.25) is 10.1 Å². The zero-order valence-corrected chi connectivity index (χ0v) is 12.1. The molecule has 0 saturated carbocycles. The van der Waals surface area contributed by atoms with Crippen molar-refractivity contribution in [1.82, 2.24) is 10.2 Å². The summed E-state index contributed by atoms with van der Waals surface area (Å²) in [7, 11) is 4.12. The molecule has 0 aliphatic carbocycles. The summed E-state index contributed by atoms with van der Waals surface area (Å²) in [6.07, 6.45) is 0. The molecule has 0 bridgehead atoms. The summed E-state index contributed by atoms with van der Waals surface area (Å²) < 4.78 is 0. The van der Waals surface area contributed by atoms with Crippen molar-refractivity contribution in [2.75, 3.05) is 27.2 Å². The van der Waals surface area contributed by atoms with E-state index < -0.39 is 0 Å². The molecule has 0 saturated heterocycles. The summed E-state index contributed by atoms with van der Waals surface area (Å²) in [6.45, 7) is 6.92. The minimum Gasteiger partial charge on any atom is -0.312 e. The van der Waals surface area contributed by atoms with Crippen LogP contribution in [0, 0.1) is 15.5 Å². The first-order valence-corrected chi connectivity index (χ1v) is 6.39. The second kappa shape index (κ2) is 6.63. The van der Waals surface area contributed by atoms with Crippen molar-refractivity contribution in [3.8, 4) is 0 Å². The molecule has 1 aromatic carbocycles. The molecule has 0 amide bonds. The third kappa shape index (κ3) is 5.81. The first kappa shape index (κ1) is 15.6. The number of benzene rings is 1. The number of nitro groups is 1. The van der Waals surface area contributed by atoms with Gasteiger partial charge < -0.3 is 10.2 Å². The molecular formula is C14H23N3O2. The Morgan fingerprint density at radius 3 is 2.63 bits per heavy atom. The van der Waals surface area contributed by atoms with Crippen LogP contribution < -0.4 is 5.32 Å². The Labute approximate surface area is 114 Å². The van der Waals surface area contributed by atoms with Crippen LogP contribution in [0.2, 0.25) is 0 Å². The number of non-ortho nitro benzene ring substituents is 1. The Morgan fingerprint density at radius 2 is 2.05 bits per heavy atom. The lowest BCUT2D eigenvalue weighted by atomic mass is 9.93. The van der Waals surface area contributed by atoms with Gasteiger partial charge in [0, 0.05) is 31.8 Å². The normalized spacial score (nSPS) is 11.8. The summed E-state index contributed by atoms with van der Waals surface area (Å²) in [6, 6.07) is 6.75. The Bertz CT molecular complexity index is 430. The van der Waals surface area contributed by atoms with Gasteiger partial charge in [0.05, 0.1) is 4.92 Å². The summed E-state index contributed by atoms with van der Waals surface area (Å²) in [5.74, 6) is 0. The molecule has 5 heteroatoms. The predicted molar refractivity (Wildman–Crippen MR) is 77.1 cm³/mol. The Hall–Kier alpha value is -1.46. The van der Waals surface area contributed by atoms with E-state index in [-0.39, 0.29) is 16.0 Å². The van der Waals surface area contributed by atoms with Crippen LogP contribution in [-0.4, -0.2) is 37.0 Å². The topological polar surface area (TPSA) is 58.4 Å². The average Bonchev–Trinajstić information content (AvgIpc) is 2.27. The fourth-order valence-electron chi connectivity index (χ4n) is 2.24. The van der Waals surface area contributed by atoms with E-state index in [1.165, 1.54) is 6.07 Å². The van der Waals surface area contributed by atoms with Crippen molar-refractivity contribution in [2.45, 2.75) is 20.4 Å². The molecule has 1 N–H and O–H groups in total. The van der Waals surface area contributed by atoms with Crippen LogP contribution >= 0.6 is 0 Å². The van der Waals surface area contributed by atoms with E-state index >= 15 is 0 Å². The van der Waals surface area contributed by atoms with Crippen LogP contribution in [0.5, 0.6) is 0 Å². The van der Waals surface area contributed by atoms with Crippen molar-refractivity contribution in [3.63, 3.8) is 0 Å². The number of rotatable bonds is 7. The standard InChI is InChI=1S/C14H23N3O2/c1-14(2,11-16(3)4)10-15-9-12-6-5-7-13(8-12)17(18)19/h5-8,15H,9-11H2,1-4H3. The maximum absolute atomic E-state index is 10.7. The zero-order chi connectivity index (χ0) is 14.5. The first-order chi connectivity index (χ1) is 8.80. The monoisotopic (exact) mass is 265 g/mol. The van der Waals surface area contributed by atoms with Crippen molar-refractivity contribution >= 4 is 5.69 Å². The van der Waals surface area contributed by atoms with E-state index in [0.29, 0.717) is 6.54 Å². The summed E-state index contributed by atoms with van der Waals surface area (Å²) >= 11 is 0. The fourth-order valence-corrected chi connectivity index (χ4v) is 2.24. The molecule has 0 heterocycles. The van der Waals surface area contributed by atoms with Gasteiger partial charge in [-0.15, -0.1) is 0 Å². The van der Waals surface area contributed by atoms with Crippen molar-refractivity contribution in [3.05, 3.63) is 39.9 Å². The number of hydrogen-bond acceptors (Lipinski definition) is 4. The predicted octanol–water partition coefficient (Wildman–Crippen LogP) is 2.27. The number of hydrogen-bond donors (Lipinski definition) is 1. The number of nitrogens with one attached hydrogen (secondary N) is 1. The molecular weight excluding hydrogens is 242 g/mol. The Kier molecular flexibility index (Phi) is 5.44. The third-order valence-electron chi connectivity index (χ3n) is 2.80. The van der Waals surface area contributed by atoms with Gasteiger partial charge in [0.2, 0.25) is 0 Å². The second-order valence-electron chi connectivity index (χ2n) is 5.93. The van der Waals surface area contributed by atoms with Crippen LogP contribution in [0.15, 0.2) is 24.3 Å². The fraction of sp³-hybridized carbons (Fsp3) is 0.571. The van der Waals surface area contributed by atoms with Crippen LogP contribution in [0.1, 0.15) is 19.4 Å². The summed E-state index contributed by atoms with van der Waals surface area (Å²) in [4.78, 5) is 12.5. The van der Waals surface area contributed by atoms with Gasteiger partial charge in [-0.2, -0.15) is 0 Å². The second-order valence-corrected chi connectivity index (χ2v) is 5.93. The van der Waals surface area contributed by atoms with Gasteiger partial charge in [0.15, 0.2) is 0 Å². The van der Waals surface area contributed by atoms with Crippen LogP contribution in [-0.2, 0) is 6.54 Å². The molecule has 0 aliphatic rings. The largest absolute Gasteiger partial charge is 0.312 e. The number of nitro benzene ring substituents is 1. The maximum atomic E-state index is 10.7. The third-order valence-corrected chi connectivity index (χ3v) is 2.80. The minimum absolute atomic E-state index is 0.145. The molecule has 0 aliphatic heterocycles. The quantitative estimate of drug-likeness (QED) is 0.607. The zero-order valence-electron chi connectivity index (χ0n) is 12.1. The molecule has 1 rings (SSSR count). The molecule has 106 valence electrons. The molecule has 0 unspecified atom stereocenters. The van der Waals surface area contributed by atoms with Crippen molar-refractivity contribution in [1.29, 1.82) is 0 Å². The highest BCUT2D eigenvalue weighted by atomic mass is 16.6. The van der Waals surface area contributed by atoms with Crippen LogP contribution in [0.3, 0.4) is 0 Å². The van der Waals surface area contributed by atoms with E-state index in [1.807, 2.05) is 6.07 Å². The van der Waals surface area contributed by atoms with E-state index in [2.05, 4.69) is 38.2 Å². The Balaban J connectivity index is 2.49. The molecule has 5 nitrogen and oxygen atoms in total. The van der Waals surface area contributed by atoms with Crippen LogP contribution in [0.4, 0.5) is 5.69 Å². The molecule has 1 aromatic rings. The van der Waals surface area contributed by atoms with Gasteiger partial charge >= 0.3 is 0 Å². The van der Waals surface area contributed by atoms with Gasteiger partial charge in [-0.25, -0.2) is 0 Å². The van der Waals surface area contributed by atoms with Gasteiger partial charge in [0.25, 0.3) is 5.69 Å². The maximum Gasteiger partial charge on any atom is 0.269 e. The van der Waals surface area contributed by atoms with Crippen molar-refractivity contribution in [2.24, 2.45) is 5.41 Å². The highest BCUT2D eigenvalue weighted by Gasteiger charge is 2.18. The molecule has 0 aromatic heterocycles. The molecule has 0 spiro atoms. The lowest BCUT2D eigenvalue weighted by molar-refractivity contribution is -0.384. The average molecular weight is 265 g/mol. The van der Waals surface area contributed by atoms with E-state index in [9.17, 15) is 10.1 Å². The first-order valence-electron chi connectivity index (χ1n) is 6.39. The van der Waals surface area contributed by atoms with E-state index in [4.69, 9.17) is 0 Å². The molecule has 0 fully saturated rings. The van der Waals surface area contributed by atoms with E-state index in [0.717, 1.165) is 18.7 Å². The lowest BCUT2D eigenvalue weighted by Gasteiger charge is -2.28. The van der Waals surface area contributed by atoms with Crippen LogP contribution in [0.25, 0.3) is 0 Å². The van der Waals surface area contributed by atoms with Crippen molar-refractivity contribution < 1.29 is 4.92 Å². The summed E-state index contributed by atoms with van der Waals surface area (Å²) in [5, 5.41) is 14.1. The van der Waals surface area contributed by atoms with E-state index in [1.54, 1.807) is 12.1 Å². The smallest absolute Gasteiger partial charge is 0.269 e. The van der Waals surface area contributed by atoms with Gasteiger partial charge in [-0.05, 0) is 25.1 Å². The number of nitrogens with zero attached hydrogens (tertiary/aromatic N) is 2. The highest BCUT2D eigenvalue weighted by Crippen LogP contribution is 2.16. The minimum atomic E-state index is -0.362. The SMILES string of the molecule is CN(C)CC(C)(C)CNCc1cccc([N+](=O)[O-])c1. The van der Waals surface area contributed by atoms with Gasteiger partial charge in [0.1, 0.15) is 0 Å². The molecule has 19 heavy (non-hydrogen) atoms. The summed E-state index contributed by atoms with van der Waals surface area (Å²) in [5.41, 5.74) is 1.26. The Morgan fingerprint density at radius 1 is 1.37 bits per heavy atom.